The molecule has 0 aliphatic carbocycles. The normalized spacial score (nSPS) is 12.3. The van der Waals surface area contributed by atoms with Crippen LogP contribution in [0.4, 0.5) is 14.5 Å². The largest absolute Gasteiger partial charge is 0.387 e. The molecule has 0 aliphatic rings. The number of nitrogens with one attached hydrogen (secondary N) is 2. The molecule has 0 amide bonds. The zero-order valence-corrected chi connectivity index (χ0v) is 22.4. The average Bonchev–Trinajstić information content (AvgIpc) is 3.47. The third-order valence-electron chi connectivity index (χ3n) is 6.16. The van der Waals surface area contributed by atoms with Crippen molar-refractivity contribution in [3.05, 3.63) is 114 Å². The van der Waals surface area contributed by atoms with Crippen molar-refractivity contribution >= 4 is 15.7 Å². The smallest absolute Gasteiger partial charge is 0.261 e. The van der Waals surface area contributed by atoms with Crippen LogP contribution in [0.2, 0.25) is 0 Å². The fraction of sp³-hybridized carbons (Fsp3) is 0.138. The van der Waals surface area contributed by atoms with Crippen LogP contribution in [0, 0.1) is 11.6 Å². The predicted octanol–water partition coefficient (Wildman–Crippen LogP) is 4.74. The minimum Gasteiger partial charge on any atom is -0.387 e. The molecule has 0 fully saturated rings. The molecule has 0 saturated heterocycles. The maximum absolute atomic E-state index is 13.5. The van der Waals surface area contributed by atoms with Crippen molar-refractivity contribution in [1.29, 1.82) is 0 Å². The van der Waals surface area contributed by atoms with Gasteiger partial charge in [0.15, 0.2) is 0 Å². The number of halogens is 2. The summed E-state index contributed by atoms with van der Waals surface area (Å²) in [6.45, 7) is 1.03. The van der Waals surface area contributed by atoms with Crippen molar-refractivity contribution in [1.82, 2.24) is 20.4 Å². The second kappa shape index (κ2) is 12.3. The molecule has 5 aromatic rings. The molecule has 0 aliphatic heterocycles. The molecule has 3 aromatic carbocycles. The molecule has 1 unspecified atom stereocenters. The number of hydrogen-bond acceptors (Lipinski definition) is 8. The Morgan fingerprint density at radius 2 is 1.66 bits per heavy atom. The Labute approximate surface area is 235 Å². The summed E-state index contributed by atoms with van der Waals surface area (Å²) in [5.41, 5.74) is 2.70. The monoisotopic (exact) mass is 577 g/mol. The maximum Gasteiger partial charge on any atom is 0.261 e. The molecule has 5 rings (SSSR count). The van der Waals surface area contributed by atoms with Gasteiger partial charge < -0.3 is 14.9 Å². The summed E-state index contributed by atoms with van der Waals surface area (Å²) < 4.78 is 60.5. The topological polar surface area (TPSA) is 130 Å². The van der Waals surface area contributed by atoms with Gasteiger partial charge in [0.2, 0.25) is 5.82 Å². The number of rotatable bonds is 11. The Kier molecular flexibility index (Phi) is 8.43. The molecule has 210 valence electrons. The van der Waals surface area contributed by atoms with Crippen LogP contribution < -0.4 is 10.0 Å². The van der Waals surface area contributed by atoms with E-state index in [4.69, 9.17) is 4.52 Å². The van der Waals surface area contributed by atoms with E-state index < -0.39 is 27.8 Å². The molecule has 3 N–H and O–H groups in total. The molecule has 0 radical (unpaired) electrons. The standard InChI is InChI=1S/C29H25F2N5O4S/c30-23-14-22(15-24(31)16-23)29-34-28(35-40-29)20-5-9-26(10-6-20)41(38,39)36-25-7-3-19(4-8-25)11-13-33-18-27(37)21-2-1-12-32-17-21/h1-10,12,14-17,27,33,36-37H,11,13,18H2. The van der Waals surface area contributed by atoms with Crippen molar-refractivity contribution < 1.29 is 26.8 Å². The fourth-order valence-electron chi connectivity index (χ4n) is 4.03. The van der Waals surface area contributed by atoms with E-state index in [9.17, 15) is 22.3 Å². The Morgan fingerprint density at radius 3 is 2.34 bits per heavy atom. The van der Waals surface area contributed by atoms with Gasteiger partial charge in [-0.1, -0.05) is 23.4 Å². The number of sulfonamides is 1. The summed E-state index contributed by atoms with van der Waals surface area (Å²) in [7, 11) is -3.87. The van der Waals surface area contributed by atoms with Crippen LogP contribution in [0.5, 0.6) is 0 Å². The van der Waals surface area contributed by atoms with Crippen LogP contribution in [0.25, 0.3) is 22.8 Å². The first-order chi connectivity index (χ1) is 19.8. The highest BCUT2D eigenvalue weighted by atomic mass is 32.2. The van der Waals surface area contributed by atoms with Crippen molar-refractivity contribution in [3.8, 4) is 22.8 Å². The van der Waals surface area contributed by atoms with Gasteiger partial charge in [0.1, 0.15) is 11.6 Å². The molecule has 41 heavy (non-hydrogen) atoms. The first kappa shape index (κ1) is 28.0. The quantitative estimate of drug-likeness (QED) is 0.192. The Morgan fingerprint density at radius 1 is 0.927 bits per heavy atom. The highest BCUT2D eigenvalue weighted by Gasteiger charge is 2.17. The summed E-state index contributed by atoms with van der Waals surface area (Å²) in [4.78, 5) is 8.18. The molecule has 12 heteroatoms. The molecule has 2 aromatic heterocycles. The van der Waals surface area contributed by atoms with Crippen molar-refractivity contribution in [2.24, 2.45) is 0 Å². The molecule has 0 saturated carbocycles. The van der Waals surface area contributed by atoms with E-state index in [1.54, 1.807) is 30.6 Å². The first-order valence-corrected chi connectivity index (χ1v) is 14.1. The van der Waals surface area contributed by atoms with Crippen LogP contribution in [-0.2, 0) is 16.4 Å². The maximum atomic E-state index is 13.5. The number of aromatic nitrogens is 3. The van der Waals surface area contributed by atoms with E-state index in [1.165, 1.54) is 24.3 Å². The van der Waals surface area contributed by atoms with Crippen molar-refractivity contribution in [3.63, 3.8) is 0 Å². The second-order valence-corrected chi connectivity index (χ2v) is 10.8. The fourth-order valence-corrected chi connectivity index (χ4v) is 5.09. The average molecular weight is 578 g/mol. The van der Waals surface area contributed by atoms with E-state index in [1.807, 2.05) is 18.2 Å². The number of hydrogen-bond donors (Lipinski definition) is 3. The minimum absolute atomic E-state index is 0.0256. The van der Waals surface area contributed by atoms with Gasteiger partial charge in [-0.05, 0) is 73.1 Å². The van der Waals surface area contributed by atoms with Crippen LogP contribution >= 0.6 is 0 Å². The van der Waals surface area contributed by atoms with Crippen LogP contribution in [0.3, 0.4) is 0 Å². The lowest BCUT2D eigenvalue weighted by atomic mass is 10.1. The predicted molar refractivity (Wildman–Crippen MR) is 148 cm³/mol. The molecule has 9 nitrogen and oxygen atoms in total. The lowest BCUT2D eigenvalue weighted by Crippen LogP contribution is -2.23. The summed E-state index contributed by atoms with van der Waals surface area (Å²) in [5, 5.41) is 17.2. The summed E-state index contributed by atoms with van der Waals surface area (Å²) in [5.74, 6) is -1.49. The number of aliphatic hydroxyl groups is 1. The van der Waals surface area contributed by atoms with Gasteiger partial charge in [0.25, 0.3) is 15.9 Å². The van der Waals surface area contributed by atoms with Crippen molar-refractivity contribution in [2.45, 2.75) is 17.4 Å². The lowest BCUT2D eigenvalue weighted by molar-refractivity contribution is 0.174. The SMILES string of the molecule is O=S(=O)(Nc1ccc(CCNCC(O)c2cccnc2)cc1)c1ccc(-c2noc(-c3cc(F)cc(F)c3)n2)cc1. The Bertz CT molecular complexity index is 1690. The zero-order valence-electron chi connectivity index (χ0n) is 21.5. The van der Waals surface area contributed by atoms with Gasteiger partial charge in [0, 0.05) is 47.4 Å². The molecule has 2 heterocycles. The third kappa shape index (κ3) is 7.17. The first-order valence-electron chi connectivity index (χ1n) is 12.6. The van der Waals surface area contributed by atoms with E-state index in [-0.39, 0.29) is 22.2 Å². The van der Waals surface area contributed by atoms with E-state index >= 15 is 0 Å². The van der Waals surface area contributed by atoms with Crippen LogP contribution in [-0.4, -0.2) is 41.7 Å². The Balaban J connectivity index is 1.15. The van der Waals surface area contributed by atoms with E-state index in [2.05, 4.69) is 25.2 Å². The van der Waals surface area contributed by atoms with Gasteiger partial charge in [-0.3, -0.25) is 9.71 Å². The molecule has 1 atom stereocenters. The molecular formula is C29H25F2N5O4S. The number of benzene rings is 3. The van der Waals surface area contributed by atoms with Crippen molar-refractivity contribution in [2.75, 3.05) is 17.8 Å². The summed E-state index contributed by atoms with van der Waals surface area (Å²) in [6.07, 6.45) is 3.33. The van der Waals surface area contributed by atoms with Gasteiger partial charge in [-0.2, -0.15) is 4.98 Å². The van der Waals surface area contributed by atoms with Crippen LogP contribution in [0.1, 0.15) is 17.2 Å². The zero-order chi connectivity index (χ0) is 28.8. The molecule has 0 bridgehead atoms. The van der Waals surface area contributed by atoms with E-state index in [0.29, 0.717) is 30.8 Å². The minimum atomic E-state index is -3.87. The van der Waals surface area contributed by atoms with Gasteiger partial charge in [-0.15, -0.1) is 0 Å². The summed E-state index contributed by atoms with van der Waals surface area (Å²) in [6, 6.07) is 19.3. The second-order valence-electron chi connectivity index (χ2n) is 9.16. The Hall–Kier alpha value is -4.52. The highest BCUT2D eigenvalue weighted by molar-refractivity contribution is 7.92. The number of nitrogens with zero attached hydrogens (tertiary/aromatic N) is 3. The van der Waals surface area contributed by atoms with Gasteiger partial charge in [-0.25, -0.2) is 17.2 Å². The van der Waals surface area contributed by atoms with E-state index in [0.717, 1.165) is 29.3 Å². The highest BCUT2D eigenvalue weighted by Crippen LogP contribution is 2.25. The lowest BCUT2D eigenvalue weighted by Gasteiger charge is -2.12. The number of aliphatic hydroxyl groups excluding tert-OH is 1. The molecular weight excluding hydrogens is 552 g/mol. The molecule has 0 spiro atoms. The van der Waals surface area contributed by atoms with Crippen LogP contribution in [0.15, 0.2) is 101 Å². The number of pyridine rings is 1. The third-order valence-corrected chi connectivity index (χ3v) is 7.56. The number of anilines is 1. The van der Waals surface area contributed by atoms with Gasteiger partial charge >= 0.3 is 0 Å². The van der Waals surface area contributed by atoms with Gasteiger partial charge in [0.05, 0.1) is 11.0 Å². The summed E-state index contributed by atoms with van der Waals surface area (Å²) >= 11 is 0.